The molecule has 0 spiro atoms. The number of aromatic nitrogens is 2. The van der Waals surface area contributed by atoms with Gasteiger partial charge in [-0.15, -0.1) is 0 Å². The van der Waals surface area contributed by atoms with Gasteiger partial charge in [0.2, 0.25) is 0 Å². The lowest BCUT2D eigenvalue weighted by Crippen LogP contribution is -2.00. The highest BCUT2D eigenvalue weighted by Crippen LogP contribution is 2.28. The number of aromatic amines is 1. The van der Waals surface area contributed by atoms with E-state index in [4.69, 9.17) is 12.2 Å². The number of aryl methyl sites for hydroxylation is 2. The average Bonchev–Trinajstić information content (AvgIpc) is 2.74. The molecule has 3 rings (SSSR count). The van der Waals surface area contributed by atoms with Gasteiger partial charge in [-0.05, 0) is 61.5 Å². The molecule has 0 aliphatic heterocycles. The SMILES string of the molecule is Cc1cc(Br)cc(C)c1-n1c(=S)[nH]c2c(C#N)cccc21. The van der Waals surface area contributed by atoms with Crippen LogP contribution in [0, 0.1) is 29.9 Å². The zero-order valence-corrected chi connectivity index (χ0v) is 14.0. The molecule has 0 saturated carbocycles. The van der Waals surface area contributed by atoms with Crippen LogP contribution in [0.25, 0.3) is 16.7 Å². The maximum absolute atomic E-state index is 9.23. The molecule has 1 N–H and O–H groups in total. The summed E-state index contributed by atoms with van der Waals surface area (Å²) in [5, 5.41) is 9.23. The van der Waals surface area contributed by atoms with Gasteiger partial charge in [-0.3, -0.25) is 4.57 Å². The zero-order chi connectivity index (χ0) is 15.1. The third-order valence-corrected chi connectivity index (χ3v) is 4.26. The summed E-state index contributed by atoms with van der Waals surface area (Å²) in [6, 6.07) is 12.0. The molecule has 0 aliphatic rings. The Bertz CT molecular complexity index is 937. The van der Waals surface area contributed by atoms with Gasteiger partial charge >= 0.3 is 0 Å². The van der Waals surface area contributed by atoms with Crippen molar-refractivity contribution < 1.29 is 0 Å². The van der Waals surface area contributed by atoms with Crippen LogP contribution in [0.4, 0.5) is 0 Å². The first-order valence-corrected chi connectivity index (χ1v) is 7.64. The van der Waals surface area contributed by atoms with Crippen molar-refractivity contribution in [2.75, 3.05) is 0 Å². The first-order chi connectivity index (χ1) is 10.0. The Balaban J connectivity index is 2.45. The van der Waals surface area contributed by atoms with Crippen molar-refractivity contribution in [1.29, 1.82) is 5.26 Å². The fourth-order valence-electron chi connectivity index (χ4n) is 2.70. The minimum Gasteiger partial charge on any atom is -0.329 e. The lowest BCUT2D eigenvalue weighted by Gasteiger charge is -2.13. The van der Waals surface area contributed by atoms with E-state index in [1.807, 2.05) is 16.7 Å². The number of fused-ring (bicyclic) bond motifs is 1. The summed E-state index contributed by atoms with van der Waals surface area (Å²) in [5.41, 5.74) is 5.62. The maximum Gasteiger partial charge on any atom is 0.182 e. The second-order valence-corrected chi connectivity index (χ2v) is 6.27. The Morgan fingerprint density at radius 3 is 2.52 bits per heavy atom. The Morgan fingerprint density at radius 1 is 1.24 bits per heavy atom. The van der Waals surface area contributed by atoms with Crippen LogP contribution in [0.3, 0.4) is 0 Å². The van der Waals surface area contributed by atoms with Crippen molar-refractivity contribution in [1.82, 2.24) is 9.55 Å². The van der Waals surface area contributed by atoms with Gasteiger partial charge in [0, 0.05) is 4.47 Å². The highest BCUT2D eigenvalue weighted by atomic mass is 79.9. The number of rotatable bonds is 1. The average molecular weight is 358 g/mol. The molecule has 104 valence electrons. The van der Waals surface area contributed by atoms with E-state index >= 15 is 0 Å². The first kappa shape index (κ1) is 14.1. The molecule has 0 amide bonds. The number of nitriles is 1. The van der Waals surface area contributed by atoms with E-state index < -0.39 is 0 Å². The van der Waals surface area contributed by atoms with Crippen LogP contribution in [0.15, 0.2) is 34.8 Å². The van der Waals surface area contributed by atoms with Gasteiger partial charge in [0.1, 0.15) is 6.07 Å². The molecule has 1 heterocycles. The summed E-state index contributed by atoms with van der Waals surface area (Å²) >= 11 is 9.00. The molecular weight excluding hydrogens is 346 g/mol. The minimum atomic E-state index is 0.598. The predicted octanol–water partition coefficient (Wildman–Crippen LogP) is 4.94. The van der Waals surface area contributed by atoms with Crippen molar-refractivity contribution in [3.63, 3.8) is 0 Å². The van der Waals surface area contributed by atoms with E-state index in [1.54, 1.807) is 6.07 Å². The largest absolute Gasteiger partial charge is 0.329 e. The second kappa shape index (κ2) is 5.14. The number of hydrogen-bond acceptors (Lipinski definition) is 2. The van der Waals surface area contributed by atoms with Gasteiger partial charge < -0.3 is 4.98 Å². The van der Waals surface area contributed by atoms with Gasteiger partial charge in [-0.2, -0.15) is 5.26 Å². The molecule has 0 atom stereocenters. The second-order valence-electron chi connectivity index (χ2n) is 4.97. The van der Waals surface area contributed by atoms with Gasteiger partial charge in [0.05, 0.1) is 22.3 Å². The molecule has 0 fully saturated rings. The fourth-order valence-corrected chi connectivity index (χ4v) is 3.68. The zero-order valence-electron chi connectivity index (χ0n) is 11.6. The normalized spacial score (nSPS) is 10.8. The quantitative estimate of drug-likeness (QED) is 0.627. The van der Waals surface area contributed by atoms with E-state index in [-0.39, 0.29) is 0 Å². The molecule has 5 heteroatoms. The third-order valence-electron chi connectivity index (χ3n) is 3.52. The van der Waals surface area contributed by atoms with Crippen LogP contribution in [-0.4, -0.2) is 9.55 Å². The Hall–Kier alpha value is -1.90. The molecule has 0 unspecified atom stereocenters. The summed E-state index contributed by atoms with van der Waals surface area (Å²) in [5.74, 6) is 0. The Morgan fingerprint density at radius 2 is 1.90 bits per heavy atom. The molecule has 0 saturated heterocycles. The standard InChI is InChI=1S/C16H12BrN3S/c1-9-6-12(17)7-10(2)15(9)20-13-5-3-4-11(8-18)14(13)19-16(20)21/h3-7H,1-2H3,(H,19,21). The van der Waals surface area contributed by atoms with Crippen molar-refractivity contribution in [3.05, 3.63) is 56.3 Å². The monoisotopic (exact) mass is 357 g/mol. The predicted molar refractivity (Wildman–Crippen MR) is 90.3 cm³/mol. The topological polar surface area (TPSA) is 44.5 Å². The third kappa shape index (κ3) is 2.21. The van der Waals surface area contributed by atoms with E-state index in [0.717, 1.165) is 32.3 Å². The summed E-state index contributed by atoms with van der Waals surface area (Å²) in [6.07, 6.45) is 0. The van der Waals surface area contributed by atoms with E-state index in [1.165, 1.54) is 0 Å². The van der Waals surface area contributed by atoms with Crippen molar-refractivity contribution in [2.24, 2.45) is 0 Å². The summed E-state index contributed by atoms with van der Waals surface area (Å²) in [6.45, 7) is 4.11. The molecule has 3 nitrogen and oxygen atoms in total. The van der Waals surface area contributed by atoms with Crippen molar-refractivity contribution in [2.45, 2.75) is 13.8 Å². The summed E-state index contributed by atoms with van der Waals surface area (Å²) in [4.78, 5) is 3.16. The molecule has 2 aromatic carbocycles. The number of benzene rings is 2. The number of hydrogen-bond donors (Lipinski definition) is 1. The fraction of sp³-hybridized carbons (Fsp3) is 0.125. The maximum atomic E-state index is 9.23. The number of nitrogens with one attached hydrogen (secondary N) is 1. The highest BCUT2D eigenvalue weighted by Gasteiger charge is 2.13. The number of para-hydroxylation sites is 1. The van der Waals surface area contributed by atoms with Crippen LogP contribution < -0.4 is 0 Å². The number of nitrogens with zero attached hydrogens (tertiary/aromatic N) is 2. The number of H-pyrrole nitrogens is 1. The molecule has 3 aromatic rings. The van der Waals surface area contributed by atoms with Crippen LogP contribution in [-0.2, 0) is 0 Å². The van der Waals surface area contributed by atoms with Crippen LogP contribution in [0.5, 0.6) is 0 Å². The minimum absolute atomic E-state index is 0.598. The van der Waals surface area contributed by atoms with Crippen LogP contribution in [0.1, 0.15) is 16.7 Å². The van der Waals surface area contributed by atoms with E-state index in [9.17, 15) is 5.26 Å². The van der Waals surface area contributed by atoms with Crippen LogP contribution >= 0.6 is 28.1 Å². The van der Waals surface area contributed by atoms with Gasteiger partial charge in [-0.25, -0.2) is 0 Å². The molecule has 0 aliphatic carbocycles. The van der Waals surface area contributed by atoms with E-state index in [2.05, 4.69) is 53.0 Å². The molecule has 1 aromatic heterocycles. The lowest BCUT2D eigenvalue weighted by molar-refractivity contribution is 1.03. The highest BCUT2D eigenvalue weighted by molar-refractivity contribution is 9.10. The first-order valence-electron chi connectivity index (χ1n) is 6.44. The number of imidazole rings is 1. The van der Waals surface area contributed by atoms with Crippen molar-refractivity contribution in [3.8, 4) is 11.8 Å². The Kier molecular flexibility index (Phi) is 3.44. The van der Waals surface area contributed by atoms with Crippen molar-refractivity contribution >= 4 is 39.2 Å². The molecular formula is C16H12BrN3S. The van der Waals surface area contributed by atoms with Crippen LogP contribution in [0.2, 0.25) is 0 Å². The van der Waals surface area contributed by atoms with Gasteiger partial charge in [0.15, 0.2) is 4.77 Å². The van der Waals surface area contributed by atoms with Gasteiger partial charge in [-0.1, -0.05) is 22.0 Å². The Labute approximate surface area is 136 Å². The number of halogens is 1. The smallest absolute Gasteiger partial charge is 0.182 e. The summed E-state index contributed by atoms with van der Waals surface area (Å²) < 4.78 is 3.65. The molecule has 21 heavy (non-hydrogen) atoms. The molecule has 0 radical (unpaired) electrons. The van der Waals surface area contributed by atoms with E-state index in [0.29, 0.717) is 10.3 Å². The summed E-state index contributed by atoms with van der Waals surface area (Å²) in [7, 11) is 0. The molecule has 0 bridgehead atoms. The van der Waals surface area contributed by atoms with Gasteiger partial charge in [0.25, 0.3) is 0 Å². The lowest BCUT2D eigenvalue weighted by atomic mass is 10.1.